The van der Waals surface area contributed by atoms with Crippen molar-refractivity contribution in [3.8, 4) is 39.7 Å². The van der Waals surface area contributed by atoms with Gasteiger partial charge in [0.2, 0.25) is 5.82 Å². The van der Waals surface area contributed by atoms with Gasteiger partial charge in [0.05, 0.1) is 16.1 Å². The first-order valence-corrected chi connectivity index (χ1v) is 10.7. The third kappa shape index (κ3) is 4.13. The molecule has 0 aliphatic heterocycles. The Labute approximate surface area is 191 Å². The number of phenols is 1. The van der Waals surface area contributed by atoms with Crippen LogP contribution in [0.4, 0.5) is 4.39 Å². The van der Waals surface area contributed by atoms with E-state index in [1.54, 1.807) is 6.07 Å². The number of aryl methyl sites for hydroxylation is 2. The van der Waals surface area contributed by atoms with Gasteiger partial charge in [0.15, 0.2) is 0 Å². The second-order valence-electron chi connectivity index (χ2n) is 9.07. The van der Waals surface area contributed by atoms with Crippen LogP contribution < -0.4 is 0 Å². The van der Waals surface area contributed by atoms with Gasteiger partial charge in [-0.1, -0.05) is 72.9 Å². The predicted octanol–water partition coefficient (Wildman–Crippen LogP) is 7.48. The van der Waals surface area contributed by atoms with Crippen LogP contribution in [0.25, 0.3) is 34.0 Å². The van der Waals surface area contributed by atoms with E-state index in [2.05, 4.69) is 37.0 Å². The number of halogens is 2. The molecule has 0 fully saturated rings. The second-order valence-corrected chi connectivity index (χ2v) is 9.47. The Morgan fingerprint density at radius 2 is 1.62 bits per heavy atom. The van der Waals surface area contributed by atoms with Crippen molar-refractivity contribution in [2.75, 3.05) is 0 Å². The molecule has 0 spiro atoms. The summed E-state index contributed by atoms with van der Waals surface area (Å²) in [6.07, 6.45) is 0. The molecule has 32 heavy (non-hydrogen) atoms. The molecule has 4 nitrogen and oxygen atoms in total. The molecule has 0 saturated heterocycles. The van der Waals surface area contributed by atoms with Crippen LogP contribution in [0.3, 0.4) is 0 Å². The first-order chi connectivity index (χ1) is 15.0. The third-order valence-electron chi connectivity index (χ3n) is 5.35. The first kappa shape index (κ1) is 22.0. The van der Waals surface area contributed by atoms with Gasteiger partial charge < -0.3 is 9.63 Å². The molecule has 0 bridgehead atoms. The largest absolute Gasteiger partial charge is 0.507 e. The zero-order valence-corrected chi connectivity index (χ0v) is 19.4. The number of hydrogen-bond acceptors (Lipinski definition) is 4. The summed E-state index contributed by atoms with van der Waals surface area (Å²) in [5.74, 6) is -0.406. The highest BCUT2D eigenvalue weighted by atomic mass is 35.5. The van der Waals surface area contributed by atoms with E-state index in [4.69, 9.17) is 16.1 Å². The Balaban J connectivity index is 1.93. The van der Waals surface area contributed by atoms with Crippen molar-refractivity contribution >= 4 is 11.6 Å². The highest BCUT2D eigenvalue weighted by molar-refractivity contribution is 6.33. The number of benzene rings is 3. The van der Waals surface area contributed by atoms with Crippen LogP contribution in [-0.4, -0.2) is 15.2 Å². The zero-order chi connectivity index (χ0) is 23.2. The Morgan fingerprint density at radius 3 is 2.25 bits per heavy atom. The number of nitrogens with zero attached hydrogens (tertiary/aromatic N) is 2. The molecule has 1 heterocycles. The van der Waals surface area contributed by atoms with Crippen molar-refractivity contribution in [1.29, 1.82) is 0 Å². The molecule has 0 radical (unpaired) electrons. The molecular formula is C26H24ClFN2O2. The average molecular weight is 451 g/mol. The quantitative estimate of drug-likeness (QED) is 0.351. The van der Waals surface area contributed by atoms with Crippen molar-refractivity contribution in [2.45, 2.75) is 40.0 Å². The summed E-state index contributed by atoms with van der Waals surface area (Å²) in [4.78, 5) is 4.36. The number of aromatic hydroxyl groups is 1. The third-order valence-corrected chi connectivity index (χ3v) is 5.67. The summed E-state index contributed by atoms with van der Waals surface area (Å²) in [6, 6.07) is 14.3. The second kappa shape index (κ2) is 8.06. The summed E-state index contributed by atoms with van der Waals surface area (Å²) in [6.45, 7) is 10.3. The van der Waals surface area contributed by atoms with Gasteiger partial charge in [0, 0.05) is 5.56 Å². The normalized spacial score (nSPS) is 11.7. The average Bonchev–Trinajstić information content (AvgIpc) is 3.15. The summed E-state index contributed by atoms with van der Waals surface area (Å²) < 4.78 is 19.7. The molecule has 0 amide bonds. The van der Waals surface area contributed by atoms with E-state index in [0.29, 0.717) is 11.1 Å². The maximum atomic E-state index is 14.3. The smallest absolute Gasteiger partial charge is 0.262 e. The minimum atomic E-state index is -0.559. The predicted molar refractivity (Wildman–Crippen MR) is 125 cm³/mol. The van der Waals surface area contributed by atoms with Crippen molar-refractivity contribution < 1.29 is 14.0 Å². The Kier molecular flexibility index (Phi) is 5.55. The highest BCUT2D eigenvalue weighted by Crippen LogP contribution is 2.42. The van der Waals surface area contributed by atoms with Crippen molar-refractivity contribution in [1.82, 2.24) is 10.1 Å². The Hall–Kier alpha value is -3.18. The van der Waals surface area contributed by atoms with Crippen LogP contribution in [0.5, 0.6) is 5.75 Å². The summed E-state index contributed by atoms with van der Waals surface area (Å²) >= 11 is 6.15. The molecule has 0 unspecified atom stereocenters. The van der Waals surface area contributed by atoms with Gasteiger partial charge in [-0.25, -0.2) is 4.39 Å². The minimum Gasteiger partial charge on any atom is -0.507 e. The van der Waals surface area contributed by atoms with Gasteiger partial charge in [-0.2, -0.15) is 4.98 Å². The summed E-state index contributed by atoms with van der Waals surface area (Å²) in [7, 11) is 0. The number of rotatable bonds is 3. The molecule has 0 aliphatic rings. The molecule has 1 N–H and O–H groups in total. The van der Waals surface area contributed by atoms with Gasteiger partial charge in [-0.05, 0) is 54.7 Å². The van der Waals surface area contributed by atoms with Crippen LogP contribution in [-0.2, 0) is 5.41 Å². The number of aromatic nitrogens is 2. The van der Waals surface area contributed by atoms with E-state index >= 15 is 0 Å². The summed E-state index contributed by atoms with van der Waals surface area (Å²) in [5.41, 5.74) is 5.01. The Bertz CT molecular complexity index is 1280. The van der Waals surface area contributed by atoms with Gasteiger partial charge in [-0.3, -0.25) is 0 Å². The van der Waals surface area contributed by atoms with Crippen LogP contribution in [0, 0.1) is 19.7 Å². The topological polar surface area (TPSA) is 59.2 Å². The van der Waals surface area contributed by atoms with Crippen LogP contribution in [0.15, 0.2) is 53.1 Å². The molecule has 0 saturated carbocycles. The van der Waals surface area contributed by atoms with E-state index < -0.39 is 5.82 Å². The van der Waals surface area contributed by atoms with Gasteiger partial charge >= 0.3 is 0 Å². The Morgan fingerprint density at radius 1 is 0.969 bits per heavy atom. The SMILES string of the molecule is Cc1cc(C)cc(-c2cc(C(C)(C)C)cc(-c3noc(-c4c(F)cccc4Cl)n3)c2O)c1. The standard InChI is InChI=1S/C26H24ClFN2O2/c1-14-9-15(2)11-16(10-14)18-12-17(26(3,4)5)13-19(23(18)31)24-29-25(32-30-24)22-20(27)7-6-8-21(22)28/h6-13,31H,1-5H3. The van der Waals surface area contributed by atoms with Gasteiger partial charge in [0.25, 0.3) is 5.89 Å². The molecule has 0 aliphatic carbocycles. The fourth-order valence-electron chi connectivity index (χ4n) is 3.72. The fraction of sp³-hybridized carbons (Fsp3) is 0.231. The molecule has 4 rings (SSSR count). The van der Waals surface area contributed by atoms with Crippen LogP contribution in [0.1, 0.15) is 37.5 Å². The molecule has 6 heteroatoms. The maximum Gasteiger partial charge on any atom is 0.262 e. The van der Waals surface area contributed by atoms with Gasteiger partial charge in [-0.15, -0.1) is 0 Å². The molecule has 3 aromatic carbocycles. The number of hydrogen-bond donors (Lipinski definition) is 1. The molecule has 164 valence electrons. The molecule has 0 atom stereocenters. The number of phenolic OH excluding ortho intramolecular Hbond substituents is 1. The highest BCUT2D eigenvalue weighted by Gasteiger charge is 2.24. The van der Waals surface area contributed by atoms with Crippen molar-refractivity contribution in [3.63, 3.8) is 0 Å². The first-order valence-electron chi connectivity index (χ1n) is 10.3. The molecular weight excluding hydrogens is 427 g/mol. The lowest BCUT2D eigenvalue weighted by Gasteiger charge is -2.22. The van der Waals surface area contributed by atoms with E-state index in [9.17, 15) is 9.50 Å². The fourth-order valence-corrected chi connectivity index (χ4v) is 3.97. The van der Waals surface area contributed by atoms with Gasteiger partial charge in [0.1, 0.15) is 11.6 Å². The van der Waals surface area contributed by atoms with Crippen LogP contribution in [0.2, 0.25) is 5.02 Å². The van der Waals surface area contributed by atoms with Crippen molar-refractivity contribution in [3.05, 3.63) is 76.1 Å². The van der Waals surface area contributed by atoms with E-state index in [0.717, 1.165) is 22.3 Å². The molecule has 4 aromatic rings. The van der Waals surface area contributed by atoms with E-state index in [1.807, 2.05) is 38.1 Å². The summed E-state index contributed by atoms with van der Waals surface area (Å²) in [5, 5.41) is 15.4. The maximum absolute atomic E-state index is 14.3. The molecule has 1 aromatic heterocycles. The minimum absolute atomic E-state index is 0.0360. The van der Waals surface area contributed by atoms with E-state index in [1.165, 1.54) is 12.1 Å². The lowest BCUT2D eigenvalue weighted by molar-refractivity contribution is 0.428. The zero-order valence-electron chi connectivity index (χ0n) is 18.6. The van der Waals surface area contributed by atoms with Crippen LogP contribution >= 0.6 is 11.6 Å². The monoisotopic (exact) mass is 450 g/mol. The lowest BCUT2D eigenvalue weighted by Crippen LogP contribution is -2.11. The van der Waals surface area contributed by atoms with E-state index in [-0.39, 0.29) is 33.5 Å². The van der Waals surface area contributed by atoms with Crippen molar-refractivity contribution in [2.24, 2.45) is 0 Å². The lowest BCUT2D eigenvalue weighted by atomic mass is 9.83.